The summed E-state index contributed by atoms with van der Waals surface area (Å²) in [4.78, 5) is 10.4. The van der Waals surface area contributed by atoms with Crippen LogP contribution in [0, 0.1) is 10.1 Å². The average Bonchev–Trinajstić information content (AvgIpc) is 2.45. The van der Waals surface area contributed by atoms with Crippen LogP contribution in [-0.2, 0) is 11.3 Å². The molecule has 0 aliphatic carbocycles. The molecule has 1 aromatic carbocycles. The monoisotopic (exact) mass is 266 g/mol. The Balaban J connectivity index is 2.04. The summed E-state index contributed by atoms with van der Waals surface area (Å²) in [6.45, 7) is 2.25. The second-order valence-electron chi connectivity index (χ2n) is 4.51. The molecule has 0 unspecified atom stereocenters. The number of nitrogens with zero attached hydrogens (tertiary/aromatic N) is 1. The van der Waals surface area contributed by atoms with Gasteiger partial charge in [-0.05, 0) is 32.0 Å². The third-order valence-corrected chi connectivity index (χ3v) is 3.24. The van der Waals surface area contributed by atoms with Crippen molar-refractivity contribution >= 4 is 5.69 Å². The molecule has 0 atom stereocenters. The third-order valence-electron chi connectivity index (χ3n) is 3.24. The molecule has 1 aromatic rings. The van der Waals surface area contributed by atoms with E-state index in [4.69, 9.17) is 9.47 Å². The number of nitro benzene ring substituents is 1. The number of nitro groups is 1. The van der Waals surface area contributed by atoms with Gasteiger partial charge in [-0.15, -0.1) is 0 Å². The fraction of sp³-hybridized carbons (Fsp3) is 0.538. The van der Waals surface area contributed by atoms with Crippen molar-refractivity contribution < 1.29 is 14.4 Å². The first-order valence-corrected chi connectivity index (χ1v) is 6.34. The quantitative estimate of drug-likeness (QED) is 0.650. The van der Waals surface area contributed by atoms with Gasteiger partial charge in [-0.2, -0.15) is 0 Å². The number of non-ortho nitro benzene ring substituents is 1. The van der Waals surface area contributed by atoms with Gasteiger partial charge in [0, 0.05) is 17.7 Å². The van der Waals surface area contributed by atoms with Crippen LogP contribution in [0.3, 0.4) is 0 Å². The summed E-state index contributed by atoms with van der Waals surface area (Å²) in [7, 11) is 1.55. The Morgan fingerprint density at radius 2 is 2.16 bits per heavy atom. The Morgan fingerprint density at radius 1 is 1.42 bits per heavy atom. The number of hydrogen-bond acceptors (Lipinski definition) is 5. The fourth-order valence-electron chi connectivity index (χ4n) is 2.16. The first-order chi connectivity index (χ1) is 9.20. The summed E-state index contributed by atoms with van der Waals surface area (Å²) in [6, 6.07) is 4.56. The van der Waals surface area contributed by atoms with Crippen LogP contribution in [0.5, 0.6) is 5.75 Å². The maximum atomic E-state index is 10.8. The standard InChI is InChI=1S/C13H18N2O4/c1-18-13-3-2-11(15(16)17)8-10(13)9-19-12-4-6-14-7-5-12/h2-3,8,12,14H,4-7,9H2,1H3. The number of nitrogens with one attached hydrogen (secondary N) is 1. The second kappa shape index (κ2) is 6.49. The van der Waals surface area contributed by atoms with Gasteiger partial charge in [0.15, 0.2) is 0 Å². The number of benzene rings is 1. The van der Waals surface area contributed by atoms with Crippen LogP contribution in [0.15, 0.2) is 18.2 Å². The zero-order valence-electron chi connectivity index (χ0n) is 10.9. The Kier molecular flexibility index (Phi) is 4.70. The van der Waals surface area contributed by atoms with Crippen molar-refractivity contribution in [2.75, 3.05) is 20.2 Å². The van der Waals surface area contributed by atoms with Crippen molar-refractivity contribution in [2.45, 2.75) is 25.6 Å². The van der Waals surface area contributed by atoms with Crippen LogP contribution in [0.1, 0.15) is 18.4 Å². The number of ether oxygens (including phenoxy) is 2. The maximum Gasteiger partial charge on any atom is 0.270 e. The topological polar surface area (TPSA) is 73.6 Å². The van der Waals surface area contributed by atoms with Crippen LogP contribution < -0.4 is 10.1 Å². The van der Waals surface area contributed by atoms with Crippen molar-refractivity contribution in [2.24, 2.45) is 0 Å². The first kappa shape index (κ1) is 13.8. The molecule has 0 bridgehead atoms. The molecule has 0 aromatic heterocycles. The molecule has 1 aliphatic heterocycles. The molecule has 6 heteroatoms. The van der Waals surface area contributed by atoms with Crippen molar-refractivity contribution in [1.82, 2.24) is 5.32 Å². The van der Waals surface area contributed by atoms with Gasteiger partial charge in [0.25, 0.3) is 5.69 Å². The number of piperidine rings is 1. The normalized spacial score (nSPS) is 16.3. The van der Waals surface area contributed by atoms with Crippen molar-refractivity contribution in [3.8, 4) is 5.75 Å². The molecule has 19 heavy (non-hydrogen) atoms. The van der Waals surface area contributed by atoms with Gasteiger partial charge in [0.2, 0.25) is 0 Å². The minimum Gasteiger partial charge on any atom is -0.496 e. The lowest BCUT2D eigenvalue weighted by Crippen LogP contribution is -2.32. The molecule has 2 rings (SSSR count). The lowest BCUT2D eigenvalue weighted by molar-refractivity contribution is -0.385. The molecule has 1 heterocycles. The van der Waals surface area contributed by atoms with Crippen LogP contribution in [0.4, 0.5) is 5.69 Å². The lowest BCUT2D eigenvalue weighted by Gasteiger charge is -2.23. The van der Waals surface area contributed by atoms with E-state index in [2.05, 4.69) is 5.32 Å². The van der Waals surface area contributed by atoms with Crippen molar-refractivity contribution in [3.05, 3.63) is 33.9 Å². The highest BCUT2D eigenvalue weighted by Crippen LogP contribution is 2.25. The Bertz CT molecular complexity index is 444. The van der Waals surface area contributed by atoms with Gasteiger partial charge in [-0.3, -0.25) is 10.1 Å². The van der Waals surface area contributed by atoms with Crippen LogP contribution in [0.2, 0.25) is 0 Å². The molecule has 1 fully saturated rings. The van der Waals surface area contributed by atoms with E-state index in [9.17, 15) is 10.1 Å². The van der Waals surface area contributed by atoms with Crippen molar-refractivity contribution in [3.63, 3.8) is 0 Å². The smallest absolute Gasteiger partial charge is 0.270 e. The van der Waals surface area contributed by atoms with Gasteiger partial charge in [-0.1, -0.05) is 0 Å². The molecule has 0 amide bonds. The highest BCUT2D eigenvalue weighted by Gasteiger charge is 2.16. The van der Waals surface area contributed by atoms with E-state index in [1.54, 1.807) is 13.2 Å². The number of rotatable bonds is 5. The predicted molar refractivity (Wildman–Crippen MR) is 70.3 cm³/mol. The molecule has 1 N–H and O–H groups in total. The summed E-state index contributed by atoms with van der Waals surface area (Å²) in [6.07, 6.45) is 2.15. The summed E-state index contributed by atoms with van der Waals surface area (Å²) in [5, 5.41) is 14.0. The zero-order valence-corrected chi connectivity index (χ0v) is 10.9. The lowest BCUT2D eigenvalue weighted by atomic mass is 10.1. The van der Waals surface area contributed by atoms with E-state index in [0.29, 0.717) is 12.4 Å². The van der Waals surface area contributed by atoms with Gasteiger partial charge in [0.1, 0.15) is 5.75 Å². The minimum atomic E-state index is -0.409. The molecule has 0 spiro atoms. The van der Waals surface area contributed by atoms with Crippen LogP contribution in [0.25, 0.3) is 0 Å². The molecular weight excluding hydrogens is 248 g/mol. The molecule has 0 radical (unpaired) electrons. The van der Waals surface area contributed by atoms with Gasteiger partial charge in [-0.25, -0.2) is 0 Å². The summed E-state index contributed by atoms with van der Waals surface area (Å²) < 4.78 is 11.0. The van der Waals surface area contributed by atoms with E-state index in [1.807, 2.05) is 0 Å². The Labute approximate surface area is 111 Å². The van der Waals surface area contributed by atoms with Crippen molar-refractivity contribution in [1.29, 1.82) is 0 Å². The summed E-state index contributed by atoms with van der Waals surface area (Å²) >= 11 is 0. The second-order valence-corrected chi connectivity index (χ2v) is 4.51. The third kappa shape index (κ3) is 3.65. The zero-order chi connectivity index (χ0) is 13.7. The minimum absolute atomic E-state index is 0.0599. The molecule has 0 saturated carbocycles. The van der Waals surface area contributed by atoms with E-state index < -0.39 is 4.92 Å². The molecule has 6 nitrogen and oxygen atoms in total. The number of methoxy groups -OCH3 is 1. The Morgan fingerprint density at radius 3 is 2.79 bits per heavy atom. The van der Waals surface area contributed by atoms with Gasteiger partial charge < -0.3 is 14.8 Å². The van der Waals surface area contributed by atoms with E-state index in [-0.39, 0.29) is 11.8 Å². The predicted octanol–water partition coefficient (Wildman–Crippen LogP) is 1.87. The largest absolute Gasteiger partial charge is 0.496 e. The molecule has 1 aliphatic rings. The van der Waals surface area contributed by atoms with E-state index >= 15 is 0 Å². The highest BCUT2D eigenvalue weighted by molar-refractivity contribution is 5.43. The Hall–Kier alpha value is -1.66. The maximum absolute atomic E-state index is 10.8. The summed E-state index contributed by atoms with van der Waals surface area (Å²) in [5.41, 5.74) is 0.778. The van der Waals surface area contributed by atoms with Gasteiger partial charge >= 0.3 is 0 Å². The highest BCUT2D eigenvalue weighted by atomic mass is 16.6. The van der Waals surface area contributed by atoms with Crippen LogP contribution in [-0.4, -0.2) is 31.2 Å². The SMILES string of the molecule is COc1ccc([N+](=O)[O-])cc1COC1CCNCC1. The molecule has 1 saturated heterocycles. The fourth-order valence-corrected chi connectivity index (χ4v) is 2.16. The molecular formula is C13H18N2O4. The summed E-state index contributed by atoms with van der Waals surface area (Å²) in [5.74, 6) is 0.625. The van der Waals surface area contributed by atoms with Gasteiger partial charge in [0.05, 0.1) is 24.7 Å². The molecule has 104 valence electrons. The number of hydrogen-bond donors (Lipinski definition) is 1. The first-order valence-electron chi connectivity index (χ1n) is 6.34. The van der Waals surface area contributed by atoms with E-state index in [0.717, 1.165) is 31.5 Å². The van der Waals surface area contributed by atoms with E-state index in [1.165, 1.54) is 12.1 Å². The average molecular weight is 266 g/mol. The van der Waals surface area contributed by atoms with Crippen LogP contribution >= 0.6 is 0 Å².